The van der Waals surface area contributed by atoms with Gasteiger partial charge in [-0.15, -0.1) is 0 Å². The van der Waals surface area contributed by atoms with E-state index in [1.807, 2.05) is 0 Å². The van der Waals surface area contributed by atoms with E-state index in [1.165, 1.54) is 6.42 Å². The van der Waals surface area contributed by atoms with Gasteiger partial charge in [-0.25, -0.2) is 4.28 Å². The van der Waals surface area contributed by atoms with E-state index < -0.39 is 10.4 Å². The Bertz CT molecular complexity index is 546. The van der Waals surface area contributed by atoms with E-state index in [-0.39, 0.29) is 5.95 Å². The number of nitrogen functional groups attached to an aromatic ring is 1. The summed E-state index contributed by atoms with van der Waals surface area (Å²) in [5.74, 6) is 0.558. The Labute approximate surface area is 111 Å². The lowest BCUT2D eigenvalue weighted by atomic mass is 10.1. The van der Waals surface area contributed by atoms with E-state index in [1.54, 1.807) is 13.0 Å². The number of aromatic nitrogens is 2. The number of nitrogens with two attached hydrogens (primary N) is 1. The summed E-state index contributed by atoms with van der Waals surface area (Å²) >= 11 is 0. The van der Waals surface area contributed by atoms with Crippen molar-refractivity contribution in [2.45, 2.75) is 26.2 Å². The van der Waals surface area contributed by atoms with Crippen LogP contribution in [0.2, 0.25) is 0 Å². The molecule has 9 heteroatoms. The average molecular weight is 289 g/mol. The zero-order valence-corrected chi connectivity index (χ0v) is 11.4. The van der Waals surface area contributed by atoms with E-state index in [4.69, 9.17) is 10.3 Å². The van der Waals surface area contributed by atoms with E-state index in [0.717, 1.165) is 30.7 Å². The van der Waals surface area contributed by atoms with Crippen molar-refractivity contribution >= 4 is 22.2 Å². The number of rotatable bonds is 3. The molecule has 0 aliphatic carbocycles. The highest BCUT2D eigenvalue weighted by atomic mass is 32.3. The molecule has 1 saturated heterocycles. The Morgan fingerprint density at radius 3 is 2.58 bits per heavy atom. The Hall–Kier alpha value is -1.61. The first-order valence-electron chi connectivity index (χ1n) is 5.98. The highest BCUT2D eigenvalue weighted by Crippen LogP contribution is 2.18. The zero-order chi connectivity index (χ0) is 14.0. The van der Waals surface area contributed by atoms with Crippen LogP contribution in [0.4, 0.5) is 11.8 Å². The molecule has 2 heterocycles. The predicted octanol–water partition coefficient (Wildman–Crippen LogP) is -0.519. The molecule has 0 saturated carbocycles. The Morgan fingerprint density at radius 2 is 2.05 bits per heavy atom. The van der Waals surface area contributed by atoms with Crippen LogP contribution >= 0.6 is 0 Å². The predicted molar refractivity (Wildman–Crippen MR) is 67.8 cm³/mol. The lowest BCUT2D eigenvalue weighted by Gasteiger charge is -2.26. The highest BCUT2D eigenvalue weighted by molar-refractivity contribution is 7.80. The molecule has 0 bridgehead atoms. The van der Waals surface area contributed by atoms with Gasteiger partial charge in [0.2, 0.25) is 5.82 Å². The number of aryl methyl sites for hydroxylation is 1. The van der Waals surface area contributed by atoms with Gasteiger partial charge in [-0.1, -0.05) is 4.98 Å². The normalized spacial score (nSPS) is 16.4. The summed E-state index contributed by atoms with van der Waals surface area (Å²) < 4.78 is 35.2. The smallest absolute Gasteiger partial charge is 0.343 e. The summed E-state index contributed by atoms with van der Waals surface area (Å²) in [6.45, 7) is 3.42. The fraction of sp³-hybridized carbons (Fsp3) is 0.600. The summed E-state index contributed by atoms with van der Waals surface area (Å²) in [7, 11) is -4.63. The molecule has 106 valence electrons. The molecule has 0 atom stereocenters. The Balaban J connectivity index is 2.30. The second kappa shape index (κ2) is 5.17. The molecule has 0 aromatic carbocycles. The number of piperidine rings is 1. The van der Waals surface area contributed by atoms with E-state index in [2.05, 4.69) is 14.2 Å². The molecule has 0 spiro atoms. The number of nitrogens with zero attached hydrogens (tertiary/aromatic N) is 3. The second-order valence-electron chi connectivity index (χ2n) is 4.46. The molecule has 3 N–H and O–H groups in total. The lowest BCUT2D eigenvalue weighted by Crippen LogP contribution is -2.51. The van der Waals surface area contributed by atoms with Crippen molar-refractivity contribution in [3.8, 4) is 0 Å². The maximum absolute atomic E-state index is 10.7. The lowest BCUT2D eigenvalue weighted by molar-refractivity contribution is -0.851. The molecule has 2 rings (SSSR count). The number of anilines is 2. The minimum atomic E-state index is -4.63. The molecule has 1 fully saturated rings. The van der Waals surface area contributed by atoms with Crippen LogP contribution in [0.5, 0.6) is 0 Å². The van der Waals surface area contributed by atoms with Gasteiger partial charge in [0.15, 0.2) is 0 Å². The third-order valence-electron chi connectivity index (χ3n) is 2.94. The van der Waals surface area contributed by atoms with Crippen LogP contribution in [-0.4, -0.2) is 31.0 Å². The molecule has 19 heavy (non-hydrogen) atoms. The first-order valence-corrected chi connectivity index (χ1v) is 7.35. The standard InChI is InChI=1S/C10H16N4O4S/c1-8-7-9(13-5-3-2-4-6-13)12-10(11)14(8)18-19(15,16)17/h7,11H,2-6H2,1H3,(H,15,16,17)/p+1. The fourth-order valence-electron chi connectivity index (χ4n) is 2.10. The van der Waals surface area contributed by atoms with Crippen LogP contribution < -0.4 is 19.6 Å². The average Bonchev–Trinajstić information content (AvgIpc) is 2.33. The van der Waals surface area contributed by atoms with E-state index >= 15 is 0 Å². The quantitative estimate of drug-likeness (QED) is 0.569. The number of hydrogen-bond acceptors (Lipinski definition) is 6. The van der Waals surface area contributed by atoms with Crippen LogP contribution in [0.25, 0.3) is 0 Å². The van der Waals surface area contributed by atoms with Crippen molar-refractivity contribution in [1.29, 1.82) is 0 Å². The monoisotopic (exact) mass is 289 g/mol. The van der Waals surface area contributed by atoms with Gasteiger partial charge in [0.25, 0.3) is 0 Å². The van der Waals surface area contributed by atoms with Crippen molar-refractivity contribution < 1.29 is 22.0 Å². The number of hydrogen-bond donors (Lipinski definition) is 2. The van der Waals surface area contributed by atoms with Gasteiger partial charge in [-0.3, -0.25) is 10.3 Å². The molecule has 0 amide bonds. The summed E-state index contributed by atoms with van der Waals surface area (Å²) in [6.07, 6.45) is 3.39. The molecule has 1 aliphatic heterocycles. The van der Waals surface area contributed by atoms with Crippen molar-refractivity contribution in [2.24, 2.45) is 0 Å². The zero-order valence-electron chi connectivity index (χ0n) is 10.6. The molecule has 0 unspecified atom stereocenters. The van der Waals surface area contributed by atoms with Crippen LogP contribution in [0.3, 0.4) is 0 Å². The van der Waals surface area contributed by atoms with Crippen molar-refractivity contribution in [3.63, 3.8) is 0 Å². The summed E-state index contributed by atoms with van der Waals surface area (Å²) in [5.41, 5.74) is 6.10. The minimum Gasteiger partial charge on any atom is -0.343 e. The molecule has 8 nitrogen and oxygen atoms in total. The largest absolute Gasteiger partial charge is 0.476 e. The summed E-state index contributed by atoms with van der Waals surface area (Å²) in [5, 5.41) is 0. The first kappa shape index (κ1) is 13.8. The summed E-state index contributed by atoms with van der Waals surface area (Å²) in [6, 6.07) is 1.67. The van der Waals surface area contributed by atoms with Crippen LogP contribution in [0.15, 0.2) is 6.07 Å². The Kier molecular flexibility index (Phi) is 3.76. The topological polar surface area (TPSA) is 110 Å². The maximum Gasteiger partial charge on any atom is 0.476 e. The van der Waals surface area contributed by atoms with Gasteiger partial charge < -0.3 is 4.90 Å². The molecule has 0 radical (unpaired) electrons. The Morgan fingerprint density at radius 1 is 1.42 bits per heavy atom. The molecule has 1 aliphatic rings. The van der Waals surface area contributed by atoms with Gasteiger partial charge in [-0.05, 0) is 30.9 Å². The van der Waals surface area contributed by atoms with Gasteiger partial charge in [0.05, 0.1) is 0 Å². The fourth-order valence-corrected chi connectivity index (χ4v) is 2.48. The van der Waals surface area contributed by atoms with Crippen LogP contribution in [0, 0.1) is 6.92 Å². The third kappa shape index (κ3) is 3.44. The molecule has 1 aromatic rings. The van der Waals surface area contributed by atoms with Crippen LogP contribution in [-0.2, 0) is 10.4 Å². The maximum atomic E-state index is 10.7. The minimum absolute atomic E-state index is 0.127. The molecular formula is C10H17N4O4S+. The SMILES string of the molecule is Cc1cc(N2CCCCC2)nc(N)[n+]1OS(=O)(=O)O. The molecule has 1 aromatic heterocycles. The van der Waals surface area contributed by atoms with Crippen molar-refractivity contribution in [2.75, 3.05) is 23.7 Å². The third-order valence-corrected chi connectivity index (χ3v) is 3.28. The van der Waals surface area contributed by atoms with Gasteiger partial charge in [-0.2, -0.15) is 8.42 Å². The van der Waals surface area contributed by atoms with E-state index in [0.29, 0.717) is 11.5 Å². The summed E-state index contributed by atoms with van der Waals surface area (Å²) in [4.78, 5) is 6.20. The van der Waals surface area contributed by atoms with Gasteiger partial charge in [0.1, 0.15) is 5.69 Å². The highest BCUT2D eigenvalue weighted by Gasteiger charge is 2.23. The van der Waals surface area contributed by atoms with Crippen molar-refractivity contribution in [3.05, 3.63) is 11.8 Å². The van der Waals surface area contributed by atoms with Gasteiger partial charge in [0, 0.05) is 19.2 Å². The van der Waals surface area contributed by atoms with Crippen molar-refractivity contribution in [1.82, 2.24) is 4.98 Å². The second-order valence-corrected chi connectivity index (χ2v) is 5.46. The first-order chi connectivity index (χ1) is 8.87. The molecular weight excluding hydrogens is 272 g/mol. The van der Waals surface area contributed by atoms with Gasteiger partial charge >= 0.3 is 16.3 Å². The van der Waals surface area contributed by atoms with Crippen LogP contribution in [0.1, 0.15) is 25.0 Å². The van der Waals surface area contributed by atoms with E-state index in [9.17, 15) is 8.42 Å².